The number of hydrogen-bond acceptors (Lipinski definition) is 3. The zero-order valence-corrected chi connectivity index (χ0v) is 16.5. The molecule has 2 aromatic carbocycles. The number of benzene rings is 2. The molecule has 2 heterocycles. The second-order valence-corrected chi connectivity index (χ2v) is 7.65. The Bertz CT molecular complexity index is 981. The lowest BCUT2D eigenvalue weighted by Crippen LogP contribution is -2.46. The highest BCUT2D eigenvalue weighted by Crippen LogP contribution is 2.29. The fourth-order valence-electron chi connectivity index (χ4n) is 3.64. The van der Waals surface area contributed by atoms with Crippen LogP contribution in [0.2, 0.25) is 5.02 Å². The van der Waals surface area contributed by atoms with Crippen molar-refractivity contribution < 1.29 is 4.79 Å². The average molecular weight is 395 g/mol. The van der Waals surface area contributed by atoms with Gasteiger partial charge in [-0.3, -0.25) is 4.98 Å². The van der Waals surface area contributed by atoms with Gasteiger partial charge in [-0.05, 0) is 56.2 Å². The summed E-state index contributed by atoms with van der Waals surface area (Å²) in [5.41, 5.74) is 4.05. The van der Waals surface area contributed by atoms with Crippen molar-refractivity contribution in [1.29, 1.82) is 0 Å². The van der Waals surface area contributed by atoms with Crippen LogP contribution in [0.5, 0.6) is 0 Å². The number of anilines is 2. The van der Waals surface area contributed by atoms with E-state index in [0.29, 0.717) is 5.02 Å². The molecule has 1 fully saturated rings. The highest BCUT2D eigenvalue weighted by Gasteiger charge is 2.22. The van der Waals surface area contributed by atoms with Gasteiger partial charge in [0, 0.05) is 47.1 Å². The number of nitrogens with one attached hydrogen (secondary N) is 2. The molecular formula is C22H23ClN4O. The zero-order chi connectivity index (χ0) is 19.5. The minimum absolute atomic E-state index is 0.147. The minimum Gasteiger partial charge on any atom is -0.371 e. The van der Waals surface area contributed by atoms with E-state index in [1.54, 1.807) is 0 Å². The molecular weight excluding hydrogens is 372 g/mol. The number of amides is 2. The van der Waals surface area contributed by atoms with Gasteiger partial charge >= 0.3 is 6.03 Å². The minimum atomic E-state index is -0.147. The quantitative estimate of drug-likeness (QED) is 0.658. The van der Waals surface area contributed by atoms with Crippen LogP contribution in [0.15, 0.2) is 54.7 Å². The molecule has 1 aliphatic heterocycles. The number of pyridine rings is 1. The Labute approximate surface area is 169 Å². The monoisotopic (exact) mass is 394 g/mol. The van der Waals surface area contributed by atoms with Gasteiger partial charge < -0.3 is 15.5 Å². The second kappa shape index (κ2) is 8.07. The summed E-state index contributed by atoms with van der Waals surface area (Å²) in [5, 5.41) is 7.80. The van der Waals surface area contributed by atoms with Gasteiger partial charge in [0.1, 0.15) is 0 Å². The molecule has 0 radical (unpaired) electrons. The van der Waals surface area contributed by atoms with Gasteiger partial charge in [0.05, 0.1) is 5.52 Å². The Morgan fingerprint density at radius 3 is 2.61 bits per heavy atom. The molecule has 28 heavy (non-hydrogen) atoms. The van der Waals surface area contributed by atoms with E-state index in [2.05, 4.69) is 20.5 Å². The summed E-state index contributed by atoms with van der Waals surface area (Å²) in [7, 11) is 0. The molecule has 1 aliphatic rings. The number of rotatable bonds is 3. The normalized spacial score (nSPS) is 14.9. The highest BCUT2D eigenvalue weighted by molar-refractivity contribution is 6.31. The van der Waals surface area contributed by atoms with Crippen LogP contribution < -0.4 is 15.5 Å². The Morgan fingerprint density at radius 2 is 1.86 bits per heavy atom. The highest BCUT2D eigenvalue weighted by atomic mass is 35.5. The third-order valence-corrected chi connectivity index (χ3v) is 5.40. The van der Waals surface area contributed by atoms with Crippen LogP contribution >= 0.6 is 11.6 Å². The van der Waals surface area contributed by atoms with Crippen molar-refractivity contribution in [2.45, 2.75) is 25.8 Å². The predicted octanol–water partition coefficient (Wildman–Crippen LogP) is 4.99. The second-order valence-electron chi connectivity index (χ2n) is 7.22. The predicted molar refractivity (Wildman–Crippen MR) is 115 cm³/mol. The van der Waals surface area contributed by atoms with Crippen LogP contribution in [0.25, 0.3) is 10.9 Å². The molecule has 0 aliphatic carbocycles. The van der Waals surface area contributed by atoms with Crippen molar-refractivity contribution in [3.8, 4) is 0 Å². The molecule has 0 saturated carbocycles. The lowest BCUT2D eigenvalue weighted by Gasteiger charge is -2.34. The lowest BCUT2D eigenvalue weighted by atomic mass is 10.0. The topological polar surface area (TPSA) is 57.3 Å². The maximum atomic E-state index is 12.3. The number of fused-ring (bicyclic) bond motifs is 1. The lowest BCUT2D eigenvalue weighted by molar-refractivity contribution is 0.246. The SMILES string of the molecule is Cc1ccc(NC(=O)NC2CCN(c3ccnc4cc(Cl)ccc34)CC2)cc1. The Kier molecular flexibility index (Phi) is 5.35. The first kappa shape index (κ1) is 18.6. The van der Waals surface area contributed by atoms with Crippen LogP contribution in [-0.4, -0.2) is 30.1 Å². The summed E-state index contributed by atoms with van der Waals surface area (Å²) in [6.07, 6.45) is 3.63. The van der Waals surface area contributed by atoms with Crippen LogP contribution in [0.1, 0.15) is 18.4 Å². The van der Waals surface area contributed by atoms with Gasteiger partial charge in [0.25, 0.3) is 0 Å². The maximum Gasteiger partial charge on any atom is 0.319 e. The van der Waals surface area contributed by atoms with Gasteiger partial charge in [-0.2, -0.15) is 0 Å². The summed E-state index contributed by atoms with van der Waals surface area (Å²) in [5.74, 6) is 0. The Morgan fingerprint density at radius 1 is 1.11 bits per heavy atom. The van der Waals surface area contributed by atoms with Crippen LogP contribution in [0, 0.1) is 6.92 Å². The van der Waals surface area contributed by atoms with Gasteiger partial charge in [-0.15, -0.1) is 0 Å². The summed E-state index contributed by atoms with van der Waals surface area (Å²) in [4.78, 5) is 19.0. The number of aryl methyl sites for hydroxylation is 1. The Hall–Kier alpha value is -2.79. The van der Waals surface area contributed by atoms with E-state index >= 15 is 0 Å². The van der Waals surface area contributed by atoms with E-state index in [1.807, 2.05) is 61.7 Å². The van der Waals surface area contributed by atoms with Crippen molar-refractivity contribution in [3.63, 3.8) is 0 Å². The number of hydrogen-bond donors (Lipinski definition) is 2. The maximum absolute atomic E-state index is 12.3. The Balaban J connectivity index is 1.36. The summed E-state index contributed by atoms with van der Waals surface area (Å²) < 4.78 is 0. The fraction of sp³-hybridized carbons (Fsp3) is 0.273. The van der Waals surface area contributed by atoms with E-state index in [4.69, 9.17) is 11.6 Å². The molecule has 1 aromatic heterocycles. The van der Waals surface area contributed by atoms with Crippen LogP contribution in [-0.2, 0) is 0 Å². The summed E-state index contributed by atoms with van der Waals surface area (Å²) in [6, 6.07) is 15.7. The van der Waals surface area contributed by atoms with E-state index in [9.17, 15) is 4.79 Å². The largest absolute Gasteiger partial charge is 0.371 e. The zero-order valence-electron chi connectivity index (χ0n) is 15.8. The van der Waals surface area contributed by atoms with Crippen molar-refractivity contribution in [3.05, 3.63) is 65.3 Å². The standard InChI is InChI=1S/C22H23ClN4O/c1-15-2-5-17(6-3-15)25-22(28)26-18-9-12-27(13-10-18)21-8-11-24-20-14-16(23)4-7-19(20)21/h2-8,11,14,18H,9-10,12-13H2,1H3,(H2,25,26,28). The molecule has 0 unspecified atom stereocenters. The third-order valence-electron chi connectivity index (χ3n) is 5.16. The van der Waals surface area contributed by atoms with E-state index in [0.717, 1.165) is 42.5 Å². The number of urea groups is 1. The van der Waals surface area contributed by atoms with Gasteiger partial charge in [0.15, 0.2) is 0 Å². The molecule has 6 heteroatoms. The molecule has 0 atom stereocenters. The first-order valence-corrected chi connectivity index (χ1v) is 9.90. The molecule has 0 spiro atoms. The number of carbonyl (C=O) groups excluding carboxylic acids is 1. The molecule has 0 bridgehead atoms. The molecule has 1 saturated heterocycles. The molecule has 5 nitrogen and oxygen atoms in total. The molecule has 4 rings (SSSR count). The number of aromatic nitrogens is 1. The first-order chi connectivity index (χ1) is 13.6. The van der Waals surface area contributed by atoms with Gasteiger partial charge in [-0.1, -0.05) is 29.3 Å². The smallest absolute Gasteiger partial charge is 0.319 e. The summed E-state index contributed by atoms with van der Waals surface area (Å²) in [6.45, 7) is 3.80. The molecule has 2 amide bonds. The molecule has 144 valence electrons. The van der Waals surface area contributed by atoms with Crippen LogP contribution in [0.3, 0.4) is 0 Å². The fourth-order valence-corrected chi connectivity index (χ4v) is 3.80. The van der Waals surface area contributed by atoms with Crippen molar-refractivity contribution in [1.82, 2.24) is 10.3 Å². The van der Waals surface area contributed by atoms with E-state index < -0.39 is 0 Å². The first-order valence-electron chi connectivity index (χ1n) is 9.52. The van der Waals surface area contributed by atoms with E-state index in [1.165, 1.54) is 11.3 Å². The molecule has 3 aromatic rings. The van der Waals surface area contributed by atoms with Gasteiger partial charge in [0.2, 0.25) is 0 Å². The number of halogens is 1. The van der Waals surface area contributed by atoms with Gasteiger partial charge in [-0.25, -0.2) is 4.79 Å². The summed E-state index contributed by atoms with van der Waals surface area (Å²) >= 11 is 6.09. The van der Waals surface area contributed by atoms with Crippen LogP contribution in [0.4, 0.5) is 16.2 Å². The number of piperidine rings is 1. The van der Waals surface area contributed by atoms with E-state index in [-0.39, 0.29) is 12.1 Å². The number of carbonyl (C=O) groups is 1. The van der Waals surface area contributed by atoms with Crippen molar-refractivity contribution >= 4 is 39.9 Å². The third kappa shape index (κ3) is 4.20. The van der Waals surface area contributed by atoms with Crippen molar-refractivity contribution in [2.75, 3.05) is 23.3 Å². The average Bonchev–Trinajstić information content (AvgIpc) is 2.70. The number of nitrogens with zero attached hydrogens (tertiary/aromatic N) is 2. The molecule has 2 N–H and O–H groups in total. The van der Waals surface area contributed by atoms with Crippen molar-refractivity contribution in [2.24, 2.45) is 0 Å².